The van der Waals surface area contributed by atoms with Crippen LogP contribution in [0, 0.1) is 6.92 Å². The molecule has 0 aliphatic carbocycles. The minimum Gasteiger partial charge on any atom is -0.289 e. The maximum absolute atomic E-state index is 12.1. The molecule has 3 aromatic rings. The molecular formula is C16H12OS. The second kappa shape index (κ2) is 4.39. The molecule has 0 aliphatic heterocycles. The Bertz CT molecular complexity index is 757. The molecule has 0 atom stereocenters. The van der Waals surface area contributed by atoms with E-state index in [1.807, 2.05) is 49.4 Å². The molecule has 0 amide bonds. The first-order chi connectivity index (χ1) is 8.74. The highest BCUT2D eigenvalue weighted by Crippen LogP contribution is 2.28. The summed E-state index contributed by atoms with van der Waals surface area (Å²) in [6.45, 7) is 2.05. The van der Waals surface area contributed by atoms with Gasteiger partial charge >= 0.3 is 0 Å². The second-order valence-corrected chi connectivity index (χ2v) is 5.42. The van der Waals surface area contributed by atoms with Crippen molar-refractivity contribution in [3.63, 3.8) is 0 Å². The molecule has 0 radical (unpaired) electrons. The fourth-order valence-corrected chi connectivity index (χ4v) is 3.19. The van der Waals surface area contributed by atoms with Crippen LogP contribution in [0.5, 0.6) is 0 Å². The monoisotopic (exact) mass is 252 g/mol. The Balaban J connectivity index is 2.30. The van der Waals surface area contributed by atoms with Gasteiger partial charge in [0.05, 0.1) is 0 Å². The first kappa shape index (κ1) is 11.2. The van der Waals surface area contributed by atoms with Crippen LogP contribution < -0.4 is 5.43 Å². The van der Waals surface area contributed by atoms with Gasteiger partial charge in [0.25, 0.3) is 0 Å². The quantitative estimate of drug-likeness (QED) is 0.633. The lowest BCUT2D eigenvalue weighted by Crippen LogP contribution is -1.98. The molecule has 1 nitrogen and oxygen atoms in total. The van der Waals surface area contributed by atoms with Gasteiger partial charge in [0, 0.05) is 21.0 Å². The number of aryl methyl sites for hydroxylation is 1. The largest absolute Gasteiger partial charge is 0.289 e. The summed E-state index contributed by atoms with van der Waals surface area (Å²) in [6, 6.07) is 17.7. The van der Waals surface area contributed by atoms with Crippen LogP contribution in [0.1, 0.15) is 5.56 Å². The van der Waals surface area contributed by atoms with Crippen LogP contribution in [-0.4, -0.2) is 0 Å². The van der Waals surface area contributed by atoms with Gasteiger partial charge in [-0.1, -0.05) is 36.4 Å². The van der Waals surface area contributed by atoms with Gasteiger partial charge in [-0.15, -0.1) is 11.3 Å². The molecule has 1 aromatic heterocycles. The Labute approximate surface area is 109 Å². The van der Waals surface area contributed by atoms with Crippen molar-refractivity contribution in [1.82, 2.24) is 0 Å². The van der Waals surface area contributed by atoms with Crippen molar-refractivity contribution in [2.45, 2.75) is 6.92 Å². The number of fused-ring (bicyclic) bond motifs is 1. The molecule has 0 aliphatic rings. The average Bonchev–Trinajstić information content (AvgIpc) is 2.39. The molecule has 0 saturated heterocycles. The highest BCUT2D eigenvalue weighted by atomic mass is 32.1. The molecule has 2 aromatic carbocycles. The predicted octanol–water partition coefficient (Wildman–Crippen LogP) is 4.24. The SMILES string of the molecule is Cc1ccc2c(=O)cc(-c3ccccc3)sc2c1. The fraction of sp³-hybridized carbons (Fsp3) is 0.0625. The number of rotatable bonds is 1. The highest BCUT2D eigenvalue weighted by molar-refractivity contribution is 7.21. The van der Waals surface area contributed by atoms with E-state index in [2.05, 4.69) is 6.07 Å². The lowest BCUT2D eigenvalue weighted by Gasteiger charge is -2.03. The third-order valence-corrected chi connectivity index (χ3v) is 4.07. The minimum absolute atomic E-state index is 0.0996. The van der Waals surface area contributed by atoms with Gasteiger partial charge in [0.1, 0.15) is 0 Å². The third kappa shape index (κ3) is 1.95. The summed E-state index contributed by atoms with van der Waals surface area (Å²) in [5.41, 5.74) is 2.38. The molecule has 0 saturated carbocycles. The van der Waals surface area contributed by atoms with Gasteiger partial charge in [-0.2, -0.15) is 0 Å². The van der Waals surface area contributed by atoms with Crippen LogP contribution in [-0.2, 0) is 0 Å². The maximum atomic E-state index is 12.1. The summed E-state index contributed by atoms with van der Waals surface area (Å²) in [4.78, 5) is 13.1. The Kier molecular flexibility index (Phi) is 2.73. The van der Waals surface area contributed by atoms with E-state index in [-0.39, 0.29) is 5.43 Å². The van der Waals surface area contributed by atoms with Crippen LogP contribution in [0.4, 0.5) is 0 Å². The molecule has 0 spiro atoms. The molecule has 3 rings (SSSR count). The van der Waals surface area contributed by atoms with Gasteiger partial charge in [-0.05, 0) is 30.2 Å². The predicted molar refractivity (Wildman–Crippen MR) is 78.3 cm³/mol. The Morgan fingerprint density at radius 2 is 1.72 bits per heavy atom. The summed E-state index contributed by atoms with van der Waals surface area (Å²) in [5, 5.41) is 0.810. The molecule has 1 heterocycles. The lowest BCUT2D eigenvalue weighted by molar-refractivity contribution is 1.51. The van der Waals surface area contributed by atoms with Crippen molar-refractivity contribution in [3.05, 3.63) is 70.4 Å². The van der Waals surface area contributed by atoms with Crippen LogP contribution in [0.3, 0.4) is 0 Å². The van der Waals surface area contributed by atoms with Crippen molar-refractivity contribution in [2.75, 3.05) is 0 Å². The van der Waals surface area contributed by atoms with E-state index in [1.165, 1.54) is 5.56 Å². The summed E-state index contributed by atoms with van der Waals surface area (Å²) in [5.74, 6) is 0. The van der Waals surface area contributed by atoms with E-state index in [1.54, 1.807) is 17.4 Å². The van der Waals surface area contributed by atoms with E-state index < -0.39 is 0 Å². The molecular weight excluding hydrogens is 240 g/mol. The Hall–Kier alpha value is -1.93. The second-order valence-electron chi connectivity index (χ2n) is 4.34. The minimum atomic E-state index is 0.0996. The molecule has 0 bridgehead atoms. The van der Waals surface area contributed by atoms with Gasteiger partial charge in [-0.25, -0.2) is 0 Å². The van der Waals surface area contributed by atoms with Crippen LogP contribution in [0.15, 0.2) is 59.4 Å². The third-order valence-electron chi connectivity index (χ3n) is 2.94. The van der Waals surface area contributed by atoms with Crippen molar-refractivity contribution < 1.29 is 0 Å². The summed E-state index contributed by atoms with van der Waals surface area (Å²) < 4.78 is 1.06. The van der Waals surface area contributed by atoms with Gasteiger partial charge < -0.3 is 0 Å². The van der Waals surface area contributed by atoms with Gasteiger partial charge in [0.2, 0.25) is 0 Å². The van der Waals surface area contributed by atoms with E-state index in [0.29, 0.717) is 0 Å². The molecule has 18 heavy (non-hydrogen) atoms. The van der Waals surface area contributed by atoms with E-state index in [0.717, 1.165) is 20.5 Å². The highest BCUT2D eigenvalue weighted by Gasteiger charge is 2.04. The van der Waals surface area contributed by atoms with Crippen molar-refractivity contribution in [1.29, 1.82) is 0 Å². The normalized spacial score (nSPS) is 10.7. The molecule has 0 fully saturated rings. The van der Waals surface area contributed by atoms with Crippen molar-refractivity contribution >= 4 is 21.4 Å². The van der Waals surface area contributed by atoms with E-state index >= 15 is 0 Å². The standard InChI is InChI=1S/C16H12OS/c1-11-7-8-13-14(17)10-15(18-16(13)9-11)12-5-3-2-4-6-12/h2-10H,1H3. The van der Waals surface area contributed by atoms with Gasteiger partial charge in [0.15, 0.2) is 5.43 Å². The van der Waals surface area contributed by atoms with Crippen molar-refractivity contribution in [3.8, 4) is 10.4 Å². The molecule has 0 N–H and O–H groups in total. The summed E-state index contributed by atoms with van der Waals surface area (Å²) in [7, 11) is 0. The lowest BCUT2D eigenvalue weighted by atomic mass is 10.1. The topological polar surface area (TPSA) is 17.1 Å². The number of benzene rings is 2. The first-order valence-electron chi connectivity index (χ1n) is 5.84. The van der Waals surface area contributed by atoms with E-state index in [9.17, 15) is 4.79 Å². The zero-order valence-electron chi connectivity index (χ0n) is 10.0. The molecule has 88 valence electrons. The first-order valence-corrected chi connectivity index (χ1v) is 6.65. The van der Waals surface area contributed by atoms with Crippen LogP contribution in [0.25, 0.3) is 20.5 Å². The van der Waals surface area contributed by atoms with Gasteiger partial charge in [-0.3, -0.25) is 4.79 Å². The molecule has 0 unspecified atom stereocenters. The molecule has 2 heteroatoms. The van der Waals surface area contributed by atoms with E-state index in [4.69, 9.17) is 0 Å². The van der Waals surface area contributed by atoms with Crippen LogP contribution >= 0.6 is 11.3 Å². The number of hydrogen-bond acceptors (Lipinski definition) is 2. The van der Waals surface area contributed by atoms with Crippen LogP contribution in [0.2, 0.25) is 0 Å². The number of hydrogen-bond donors (Lipinski definition) is 0. The zero-order valence-corrected chi connectivity index (χ0v) is 10.8. The van der Waals surface area contributed by atoms with Crippen molar-refractivity contribution in [2.24, 2.45) is 0 Å². The fourth-order valence-electron chi connectivity index (χ4n) is 2.01. The Morgan fingerprint density at radius 1 is 0.944 bits per heavy atom. The zero-order chi connectivity index (χ0) is 12.5. The average molecular weight is 252 g/mol. The summed E-state index contributed by atoms with van der Waals surface area (Å²) in [6.07, 6.45) is 0. The maximum Gasteiger partial charge on any atom is 0.188 e. The smallest absolute Gasteiger partial charge is 0.188 e. The Morgan fingerprint density at radius 3 is 2.50 bits per heavy atom. The summed E-state index contributed by atoms with van der Waals surface area (Å²) >= 11 is 1.67.